The van der Waals surface area contributed by atoms with Gasteiger partial charge in [-0.1, -0.05) is 161 Å². The van der Waals surface area contributed by atoms with Crippen molar-refractivity contribution in [3.05, 3.63) is 215 Å². The summed E-state index contributed by atoms with van der Waals surface area (Å²) < 4.78 is 0. The third kappa shape index (κ3) is 9.10. The molecule has 0 fully saturated rings. The van der Waals surface area contributed by atoms with E-state index in [2.05, 4.69) is 244 Å². The van der Waals surface area contributed by atoms with E-state index in [0.717, 1.165) is 58.1 Å². The second-order valence-electron chi connectivity index (χ2n) is 14.6. The van der Waals surface area contributed by atoms with Crippen LogP contribution in [-0.2, 0) is 0 Å². The summed E-state index contributed by atoms with van der Waals surface area (Å²) in [5.74, 6) is 1.10. The Labute approximate surface area is 334 Å². The van der Waals surface area contributed by atoms with Crippen molar-refractivity contribution in [3.63, 3.8) is 0 Å². The van der Waals surface area contributed by atoms with Crippen LogP contribution in [0.3, 0.4) is 0 Å². The summed E-state index contributed by atoms with van der Waals surface area (Å²) >= 11 is 0. The van der Waals surface area contributed by atoms with Crippen molar-refractivity contribution in [1.29, 1.82) is 0 Å². The molecule has 0 amide bonds. The number of nitrogens with zero attached hydrogens (tertiary/aromatic N) is 2. The summed E-state index contributed by atoms with van der Waals surface area (Å²) in [7, 11) is 0. The molecule has 56 heavy (non-hydrogen) atoms. The highest BCUT2D eigenvalue weighted by molar-refractivity contribution is 5.82. The molecule has 0 bridgehead atoms. The van der Waals surface area contributed by atoms with E-state index in [9.17, 15) is 0 Å². The van der Waals surface area contributed by atoms with Crippen LogP contribution in [-0.4, -0.2) is 0 Å². The van der Waals surface area contributed by atoms with E-state index >= 15 is 0 Å². The molecule has 7 rings (SSSR count). The van der Waals surface area contributed by atoms with Crippen LogP contribution in [0.25, 0.3) is 24.3 Å². The Hall–Kier alpha value is -6.38. The first kappa shape index (κ1) is 37.9. The van der Waals surface area contributed by atoms with E-state index in [1.165, 1.54) is 22.3 Å². The zero-order chi connectivity index (χ0) is 38.7. The normalized spacial score (nSPS) is 12.5. The molecular weight excluding hydrogens is 677 g/mol. The number of hydrogen-bond donors (Lipinski definition) is 0. The van der Waals surface area contributed by atoms with E-state index < -0.39 is 0 Å². The lowest BCUT2D eigenvalue weighted by Crippen LogP contribution is -2.10. The van der Waals surface area contributed by atoms with E-state index in [1.807, 2.05) is 0 Å². The van der Waals surface area contributed by atoms with Crippen molar-refractivity contribution in [2.45, 2.75) is 52.4 Å². The van der Waals surface area contributed by atoms with Crippen LogP contribution in [0.15, 0.2) is 182 Å². The summed E-state index contributed by atoms with van der Waals surface area (Å²) in [5, 5.41) is 0. The van der Waals surface area contributed by atoms with Crippen molar-refractivity contribution in [2.24, 2.45) is 0 Å². The van der Waals surface area contributed by atoms with Gasteiger partial charge in [0.1, 0.15) is 0 Å². The van der Waals surface area contributed by atoms with Crippen molar-refractivity contribution in [1.82, 2.24) is 0 Å². The first-order valence-electron chi connectivity index (χ1n) is 20.1. The van der Waals surface area contributed by atoms with Gasteiger partial charge in [-0.05, 0) is 131 Å². The van der Waals surface area contributed by atoms with Gasteiger partial charge in [0, 0.05) is 34.1 Å². The fourth-order valence-electron chi connectivity index (χ4n) is 7.08. The van der Waals surface area contributed by atoms with Crippen LogP contribution >= 0.6 is 0 Å². The molecular formula is C54H52N2. The summed E-state index contributed by atoms with van der Waals surface area (Å²) in [6.45, 7) is 9.07. The highest BCUT2D eigenvalue weighted by atomic mass is 15.1. The van der Waals surface area contributed by atoms with Gasteiger partial charge in [0.15, 0.2) is 0 Å². The lowest BCUT2D eigenvalue weighted by atomic mass is 9.98. The summed E-state index contributed by atoms with van der Waals surface area (Å²) in [5.41, 5.74) is 14.3. The first-order valence-corrected chi connectivity index (χ1v) is 20.1. The van der Waals surface area contributed by atoms with Gasteiger partial charge in [0.05, 0.1) is 0 Å². The summed E-state index contributed by atoms with van der Waals surface area (Å²) in [4.78, 5) is 4.65. The van der Waals surface area contributed by atoms with Gasteiger partial charge in [0.2, 0.25) is 0 Å². The Morgan fingerprint density at radius 3 is 0.946 bits per heavy atom. The summed E-state index contributed by atoms with van der Waals surface area (Å²) in [6.07, 6.45) is 11.1. The van der Waals surface area contributed by atoms with Crippen molar-refractivity contribution in [3.8, 4) is 0 Å². The fourth-order valence-corrected chi connectivity index (χ4v) is 7.08. The van der Waals surface area contributed by atoms with Gasteiger partial charge in [-0.3, -0.25) is 0 Å². The average molecular weight is 729 g/mol. The minimum atomic E-state index is 0.549. The van der Waals surface area contributed by atoms with Gasteiger partial charge >= 0.3 is 0 Å². The molecule has 7 aromatic rings. The number of benzene rings is 7. The lowest BCUT2D eigenvalue weighted by molar-refractivity contribution is 0.733. The molecule has 7 aromatic carbocycles. The van der Waals surface area contributed by atoms with Gasteiger partial charge < -0.3 is 9.80 Å². The molecule has 2 unspecified atom stereocenters. The third-order valence-corrected chi connectivity index (χ3v) is 10.9. The SMILES string of the molecule is CCC(C)c1ccc(N(c2ccccc2)c2ccc(C=Cc3ccccc3C=Cc3ccc(N(c4ccccc4)c4ccc(C(C)CC)cc4)cc3)cc2)cc1. The van der Waals surface area contributed by atoms with E-state index in [1.54, 1.807) is 0 Å². The molecule has 0 spiro atoms. The average Bonchev–Trinajstić information content (AvgIpc) is 3.27. The fraction of sp³-hybridized carbons (Fsp3) is 0.148. The van der Waals surface area contributed by atoms with E-state index in [4.69, 9.17) is 0 Å². The second kappa shape index (κ2) is 18.3. The predicted octanol–water partition coefficient (Wildman–Crippen LogP) is 16.0. The number of rotatable bonds is 14. The van der Waals surface area contributed by atoms with Crippen LogP contribution < -0.4 is 9.80 Å². The molecule has 0 aliphatic carbocycles. The molecule has 0 aliphatic rings. The largest absolute Gasteiger partial charge is 0.311 e. The van der Waals surface area contributed by atoms with Crippen LogP contribution in [0.4, 0.5) is 34.1 Å². The number of para-hydroxylation sites is 2. The molecule has 0 saturated carbocycles. The van der Waals surface area contributed by atoms with Gasteiger partial charge in [0.25, 0.3) is 0 Å². The van der Waals surface area contributed by atoms with Crippen molar-refractivity contribution in [2.75, 3.05) is 9.80 Å². The second-order valence-corrected chi connectivity index (χ2v) is 14.6. The highest BCUT2D eigenvalue weighted by Gasteiger charge is 2.15. The lowest BCUT2D eigenvalue weighted by Gasteiger charge is -2.26. The predicted molar refractivity (Wildman–Crippen MR) is 244 cm³/mol. The van der Waals surface area contributed by atoms with Crippen LogP contribution in [0, 0.1) is 0 Å². The zero-order valence-electron chi connectivity index (χ0n) is 33.1. The first-order chi connectivity index (χ1) is 27.5. The minimum Gasteiger partial charge on any atom is -0.311 e. The number of hydrogen-bond acceptors (Lipinski definition) is 2. The molecule has 2 heteroatoms. The van der Waals surface area contributed by atoms with Gasteiger partial charge in [-0.15, -0.1) is 0 Å². The standard InChI is InChI=1S/C54H52N2/c1-5-41(3)45-29-37-53(38-30-45)55(49-17-9-7-10-18-49)51-33-23-43(24-34-51)21-27-47-15-13-14-16-48(47)28-22-44-25-35-52(36-26-44)56(50-19-11-8-12-20-50)54-39-31-46(32-40-54)42(4)6-2/h7-42H,5-6H2,1-4H3. The topological polar surface area (TPSA) is 6.48 Å². The molecule has 278 valence electrons. The quantitative estimate of drug-likeness (QED) is 0.103. The molecule has 0 heterocycles. The Morgan fingerprint density at radius 2 is 0.625 bits per heavy atom. The monoisotopic (exact) mass is 728 g/mol. The van der Waals surface area contributed by atoms with Crippen LogP contribution in [0.2, 0.25) is 0 Å². The number of anilines is 6. The molecule has 0 saturated heterocycles. The smallest absolute Gasteiger partial charge is 0.0462 e. The summed E-state index contributed by atoms with van der Waals surface area (Å²) in [6, 6.07) is 65.5. The maximum atomic E-state index is 2.32. The Kier molecular flexibility index (Phi) is 12.4. The molecule has 0 N–H and O–H groups in total. The van der Waals surface area contributed by atoms with E-state index in [0.29, 0.717) is 11.8 Å². The zero-order valence-corrected chi connectivity index (χ0v) is 33.1. The van der Waals surface area contributed by atoms with Crippen LogP contribution in [0.1, 0.15) is 85.8 Å². The van der Waals surface area contributed by atoms with Crippen molar-refractivity contribution < 1.29 is 0 Å². The van der Waals surface area contributed by atoms with Gasteiger partial charge in [-0.2, -0.15) is 0 Å². The highest BCUT2D eigenvalue weighted by Crippen LogP contribution is 2.37. The molecule has 0 radical (unpaired) electrons. The van der Waals surface area contributed by atoms with Gasteiger partial charge in [-0.25, -0.2) is 0 Å². The maximum absolute atomic E-state index is 2.32. The Bertz CT molecular complexity index is 2150. The molecule has 2 atom stereocenters. The third-order valence-electron chi connectivity index (χ3n) is 10.9. The molecule has 0 aliphatic heterocycles. The maximum Gasteiger partial charge on any atom is 0.0462 e. The molecule has 0 aromatic heterocycles. The minimum absolute atomic E-state index is 0.549. The Balaban J connectivity index is 1.08. The molecule has 2 nitrogen and oxygen atoms in total. The Morgan fingerprint density at radius 1 is 0.339 bits per heavy atom. The van der Waals surface area contributed by atoms with Crippen LogP contribution in [0.5, 0.6) is 0 Å². The van der Waals surface area contributed by atoms with Crippen molar-refractivity contribution >= 4 is 58.4 Å². The van der Waals surface area contributed by atoms with E-state index in [-0.39, 0.29) is 0 Å².